The summed E-state index contributed by atoms with van der Waals surface area (Å²) in [6.07, 6.45) is 8.40. The van der Waals surface area contributed by atoms with E-state index < -0.39 is 0 Å². The monoisotopic (exact) mass is 437 g/mol. The summed E-state index contributed by atoms with van der Waals surface area (Å²) in [5.41, 5.74) is 6.11. The third kappa shape index (κ3) is 3.26. The lowest BCUT2D eigenvalue weighted by atomic mass is 10.0. The number of fused-ring (bicyclic) bond motifs is 2. The second kappa shape index (κ2) is 7.49. The van der Waals surface area contributed by atoms with Crippen LogP contribution in [0.3, 0.4) is 0 Å². The molecule has 0 atom stereocenters. The third-order valence-electron chi connectivity index (χ3n) is 5.52. The van der Waals surface area contributed by atoms with E-state index in [1.807, 2.05) is 18.2 Å². The van der Waals surface area contributed by atoms with Crippen molar-refractivity contribution in [2.24, 2.45) is 0 Å². The number of halogens is 1. The Labute approximate surface area is 186 Å². The van der Waals surface area contributed by atoms with Gasteiger partial charge in [0.15, 0.2) is 5.65 Å². The van der Waals surface area contributed by atoms with Crippen molar-refractivity contribution >= 4 is 22.1 Å². The highest BCUT2D eigenvalue weighted by Crippen LogP contribution is 2.35. The fraction of sp³-hybridized carbons (Fsp3) is 0.0417. The summed E-state index contributed by atoms with van der Waals surface area (Å²) in [5.74, 6) is 0.0851. The van der Waals surface area contributed by atoms with Gasteiger partial charge >= 0.3 is 0 Å². The zero-order valence-electron chi connectivity index (χ0n) is 17.4. The minimum Gasteiger partial charge on any atom is -0.497 e. The predicted octanol–water partition coefficient (Wildman–Crippen LogP) is 4.77. The van der Waals surface area contributed by atoms with E-state index in [2.05, 4.69) is 35.1 Å². The second-order valence-corrected chi connectivity index (χ2v) is 7.50. The summed E-state index contributed by atoms with van der Waals surface area (Å²) in [4.78, 5) is 20.4. The van der Waals surface area contributed by atoms with Crippen LogP contribution in [0, 0.1) is 5.82 Å². The molecule has 160 valence electrons. The molecule has 0 radical (unpaired) electrons. The molecule has 1 aromatic carbocycles. The van der Waals surface area contributed by atoms with Gasteiger partial charge in [0.1, 0.15) is 23.5 Å². The number of aromatic amines is 2. The van der Waals surface area contributed by atoms with Crippen molar-refractivity contribution in [2.75, 3.05) is 7.11 Å². The van der Waals surface area contributed by atoms with Gasteiger partial charge in [0.25, 0.3) is 0 Å². The maximum Gasteiger partial charge on any atom is 0.181 e. The van der Waals surface area contributed by atoms with E-state index in [0.29, 0.717) is 22.6 Å². The molecule has 0 saturated carbocycles. The molecule has 0 saturated heterocycles. The Balaban J connectivity index is 1.50. The Kier molecular flexibility index (Phi) is 4.32. The molecule has 9 heteroatoms. The van der Waals surface area contributed by atoms with Crippen LogP contribution in [0.4, 0.5) is 4.39 Å². The van der Waals surface area contributed by atoms with Gasteiger partial charge in [0.2, 0.25) is 0 Å². The van der Waals surface area contributed by atoms with Crippen LogP contribution in [-0.2, 0) is 0 Å². The van der Waals surface area contributed by atoms with Gasteiger partial charge in [-0.25, -0.2) is 24.3 Å². The van der Waals surface area contributed by atoms with Gasteiger partial charge < -0.3 is 9.72 Å². The lowest BCUT2D eigenvalue weighted by Gasteiger charge is -2.06. The normalized spacial score (nSPS) is 11.3. The summed E-state index contributed by atoms with van der Waals surface area (Å²) in [6.45, 7) is 0. The summed E-state index contributed by atoms with van der Waals surface area (Å²) < 4.78 is 19.4. The third-order valence-corrected chi connectivity index (χ3v) is 5.52. The highest BCUT2D eigenvalue weighted by Gasteiger charge is 2.16. The number of hydrogen-bond donors (Lipinski definition) is 2. The van der Waals surface area contributed by atoms with Crippen LogP contribution in [0.2, 0.25) is 0 Å². The molecule has 6 aromatic rings. The topological polar surface area (TPSA) is 105 Å². The number of aromatic nitrogens is 7. The lowest BCUT2D eigenvalue weighted by molar-refractivity contribution is 0.411. The standard InChI is InChI=1S/C24H16FN7O/c1-33-17-5-13(4-16(25)7-17)18-2-3-28-23-19(18)8-21(30-23)22-20-6-14(11-29-24(20)32-31-22)15-9-26-12-27-10-15/h2-12H,1H3,(H,28,30)(H,29,31,32). The van der Waals surface area contributed by atoms with Gasteiger partial charge in [-0.1, -0.05) is 0 Å². The number of ether oxygens (including phenoxy) is 1. The van der Waals surface area contributed by atoms with Crippen LogP contribution in [0.15, 0.2) is 67.5 Å². The highest BCUT2D eigenvalue weighted by molar-refractivity contribution is 5.99. The lowest BCUT2D eigenvalue weighted by Crippen LogP contribution is -1.88. The first kappa shape index (κ1) is 19.1. The Morgan fingerprint density at radius 3 is 2.61 bits per heavy atom. The first-order valence-corrected chi connectivity index (χ1v) is 10.1. The molecule has 0 aliphatic rings. The molecule has 5 aromatic heterocycles. The van der Waals surface area contributed by atoms with Gasteiger partial charge in [0, 0.05) is 52.8 Å². The van der Waals surface area contributed by atoms with E-state index in [1.54, 1.807) is 30.9 Å². The van der Waals surface area contributed by atoms with Crippen molar-refractivity contribution < 1.29 is 9.13 Å². The SMILES string of the molecule is COc1cc(F)cc(-c2ccnc3[nH]c(-c4[nH]nc5ncc(-c6cncnc6)cc45)cc23)c1. The summed E-state index contributed by atoms with van der Waals surface area (Å²) in [7, 11) is 1.52. The van der Waals surface area contributed by atoms with Gasteiger partial charge in [-0.05, 0) is 41.5 Å². The molecule has 0 bridgehead atoms. The van der Waals surface area contributed by atoms with Crippen molar-refractivity contribution in [1.29, 1.82) is 0 Å². The average Bonchev–Trinajstić information content (AvgIpc) is 3.47. The van der Waals surface area contributed by atoms with E-state index in [-0.39, 0.29) is 5.82 Å². The Hall–Kier alpha value is -4.66. The molecule has 0 fully saturated rings. The van der Waals surface area contributed by atoms with E-state index in [0.717, 1.165) is 38.9 Å². The molecule has 33 heavy (non-hydrogen) atoms. The van der Waals surface area contributed by atoms with Gasteiger partial charge in [0.05, 0.1) is 18.5 Å². The van der Waals surface area contributed by atoms with E-state index >= 15 is 0 Å². The first-order chi connectivity index (χ1) is 16.2. The molecule has 2 N–H and O–H groups in total. The number of benzene rings is 1. The molecule has 0 aliphatic carbocycles. The van der Waals surface area contributed by atoms with Crippen molar-refractivity contribution in [3.63, 3.8) is 0 Å². The van der Waals surface area contributed by atoms with E-state index in [9.17, 15) is 4.39 Å². The zero-order chi connectivity index (χ0) is 22.4. The second-order valence-electron chi connectivity index (χ2n) is 7.50. The van der Waals surface area contributed by atoms with Gasteiger partial charge in [-0.15, -0.1) is 0 Å². The average molecular weight is 437 g/mol. The smallest absolute Gasteiger partial charge is 0.181 e. The number of H-pyrrole nitrogens is 2. The van der Waals surface area contributed by atoms with Crippen LogP contribution >= 0.6 is 0 Å². The minimum absolute atomic E-state index is 0.367. The maximum absolute atomic E-state index is 14.1. The molecule has 6 rings (SSSR count). The first-order valence-electron chi connectivity index (χ1n) is 10.1. The summed E-state index contributed by atoms with van der Waals surface area (Å²) in [6, 6.07) is 10.5. The van der Waals surface area contributed by atoms with Gasteiger partial charge in [-0.3, -0.25) is 5.10 Å². The molecule has 0 aliphatic heterocycles. The Morgan fingerprint density at radius 1 is 0.879 bits per heavy atom. The van der Waals surface area contributed by atoms with E-state index in [1.165, 1.54) is 25.6 Å². The summed E-state index contributed by atoms with van der Waals surface area (Å²) >= 11 is 0. The van der Waals surface area contributed by atoms with Crippen LogP contribution < -0.4 is 4.74 Å². The zero-order valence-corrected chi connectivity index (χ0v) is 17.4. The molecule has 0 spiro atoms. The molecular formula is C24H16FN7O. The fourth-order valence-electron chi connectivity index (χ4n) is 3.96. The van der Waals surface area contributed by atoms with Crippen molar-refractivity contribution in [3.05, 3.63) is 73.3 Å². The van der Waals surface area contributed by atoms with E-state index in [4.69, 9.17) is 4.74 Å². The number of nitrogens with zero attached hydrogens (tertiary/aromatic N) is 5. The molecular weight excluding hydrogens is 421 g/mol. The number of nitrogens with one attached hydrogen (secondary N) is 2. The van der Waals surface area contributed by atoms with Crippen molar-refractivity contribution in [1.82, 2.24) is 35.1 Å². The van der Waals surface area contributed by atoms with Gasteiger partial charge in [-0.2, -0.15) is 5.10 Å². The maximum atomic E-state index is 14.1. The molecule has 8 nitrogen and oxygen atoms in total. The highest BCUT2D eigenvalue weighted by atomic mass is 19.1. The minimum atomic E-state index is -0.367. The molecule has 0 unspecified atom stereocenters. The predicted molar refractivity (Wildman–Crippen MR) is 122 cm³/mol. The van der Waals surface area contributed by atoms with Crippen LogP contribution in [0.1, 0.15) is 0 Å². The number of hydrogen-bond acceptors (Lipinski definition) is 6. The number of rotatable bonds is 4. The number of pyridine rings is 2. The quantitative estimate of drug-likeness (QED) is 0.411. The fourth-order valence-corrected chi connectivity index (χ4v) is 3.96. The van der Waals surface area contributed by atoms with Crippen LogP contribution in [0.5, 0.6) is 5.75 Å². The summed E-state index contributed by atoms with van der Waals surface area (Å²) in [5, 5.41) is 9.11. The van der Waals surface area contributed by atoms with Crippen molar-refractivity contribution in [3.8, 4) is 39.4 Å². The Bertz CT molecular complexity index is 1620. The number of methoxy groups -OCH3 is 1. The largest absolute Gasteiger partial charge is 0.497 e. The molecule has 0 amide bonds. The molecule has 5 heterocycles. The van der Waals surface area contributed by atoms with Crippen molar-refractivity contribution in [2.45, 2.75) is 0 Å². The van der Waals surface area contributed by atoms with Crippen LogP contribution in [0.25, 0.3) is 55.7 Å². The van der Waals surface area contributed by atoms with Crippen LogP contribution in [-0.4, -0.2) is 42.2 Å². The Morgan fingerprint density at radius 2 is 1.76 bits per heavy atom.